The summed E-state index contributed by atoms with van der Waals surface area (Å²) < 4.78 is 9.08. The first kappa shape index (κ1) is 14.2. The van der Waals surface area contributed by atoms with Crippen LogP contribution < -0.4 is 10.1 Å². The standard InChI is InChI=1S/C16H13N3O2S/c1-11-4-2-3-5-14(11)17-16(20)21-13-8-6-12(7-9-13)15-10-22-19-18-15/h2-10H,1H3,(H,17,20). The van der Waals surface area contributed by atoms with Crippen LogP contribution in [-0.4, -0.2) is 15.7 Å². The minimum Gasteiger partial charge on any atom is -0.410 e. The highest BCUT2D eigenvalue weighted by Gasteiger charge is 2.07. The van der Waals surface area contributed by atoms with Crippen LogP contribution in [0.25, 0.3) is 11.3 Å². The largest absolute Gasteiger partial charge is 0.417 e. The smallest absolute Gasteiger partial charge is 0.410 e. The fourth-order valence-corrected chi connectivity index (χ4v) is 2.41. The summed E-state index contributed by atoms with van der Waals surface area (Å²) in [6.45, 7) is 1.92. The third-order valence-corrected chi connectivity index (χ3v) is 3.61. The molecule has 0 saturated heterocycles. The molecule has 0 aliphatic heterocycles. The zero-order chi connectivity index (χ0) is 15.4. The predicted molar refractivity (Wildman–Crippen MR) is 86.2 cm³/mol. The topological polar surface area (TPSA) is 64.1 Å². The average Bonchev–Trinajstić information content (AvgIpc) is 3.05. The maximum Gasteiger partial charge on any atom is 0.417 e. The van der Waals surface area contributed by atoms with Gasteiger partial charge in [-0.2, -0.15) is 0 Å². The van der Waals surface area contributed by atoms with Gasteiger partial charge in [-0.05, 0) is 54.4 Å². The first-order chi connectivity index (χ1) is 10.7. The Bertz CT molecular complexity index is 770. The van der Waals surface area contributed by atoms with Crippen molar-refractivity contribution in [3.05, 3.63) is 59.5 Å². The van der Waals surface area contributed by atoms with Crippen LogP contribution in [0, 0.1) is 6.92 Å². The molecule has 1 heterocycles. The van der Waals surface area contributed by atoms with Crippen LogP contribution in [0.4, 0.5) is 10.5 Å². The molecule has 0 spiro atoms. The second-order valence-electron chi connectivity index (χ2n) is 4.64. The van der Waals surface area contributed by atoms with Crippen molar-refractivity contribution in [1.29, 1.82) is 0 Å². The molecular formula is C16H13N3O2S. The molecule has 2 aromatic carbocycles. The number of hydrogen-bond acceptors (Lipinski definition) is 5. The number of aromatic nitrogens is 2. The van der Waals surface area contributed by atoms with Crippen LogP contribution in [0.2, 0.25) is 0 Å². The molecule has 110 valence electrons. The molecule has 1 N–H and O–H groups in total. The molecule has 5 nitrogen and oxygen atoms in total. The van der Waals surface area contributed by atoms with Gasteiger partial charge in [-0.1, -0.05) is 22.7 Å². The van der Waals surface area contributed by atoms with Crippen molar-refractivity contribution in [1.82, 2.24) is 9.59 Å². The summed E-state index contributed by atoms with van der Waals surface area (Å²) in [6, 6.07) is 14.7. The second kappa shape index (κ2) is 6.36. The summed E-state index contributed by atoms with van der Waals surface area (Å²) in [7, 11) is 0. The molecule has 0 unspecified atom stereocenters. The number of hydrogen-bond donors (Lipinski definition) is 1. The first-order valence-corrected chi connectivity index (χ1v) is 7.48. The van der Waals surface area contributed by atoms with E-state index in [2.05, 4.69) is 14.9 Å². The molecule has 22 heavy (non-hydrogen) atoms. The van der Waals surface area contributed by atoms with Crippen molar-refractivity contribution in [2.24, 2.45) is 0 Å². The van der Waals surface area contributed by atoms with Gasteiger partial charge in [0.2, 0.25) is 0 Å². The van der Waals surface area contributed by atoms with E-state index in [9.17, 15) is 4.79 Å². The molecule has 0 saturated carbocycles. The van der Waals surface area contributed by atoms with Crippen LogP contribution in [0.1, 0.15) is 5.56 Å². The highest BCUT2D eigenvalue weighted by molar-refractivity contribution is 7.03. The van der Waals surface area contributed by atoms with Gasteiger partial charge < -0.3 is 4.74 Å². The van der Waals surface area contributed by atoms with Gasteiger partial charge in [0.05, 0.1) is 0 Å². The lowest BCUT2D eigenvalue weighted by Crippen LogP contribution is -2.17. The lowest BCUT2D eigenvalue weighted by Gasteiger charge is -2.09. The van der Waals surface area contributed by atoms with E-state index < -0.39 is 6.09 Å². The lowest BCUT2D eigenvalue weighted by molar-refractivity contribution is 0.215. The predicted octanol–water partition coefficient (Wildman–Crippen LogP) is 4.12. The van der Waals surface area contributed by atoms with Gasteiger partial charge >= 0.3 is 6.09 Å². The molecule has 0 atom stereocenters. The normalized spacial score (nSPS) is 10.2. The molecule has 1 aromatic heterocycles. The highest BCUT2D eigenvalue weighted by atomic mass is 32.1. The Kier molecular flexibility index (Phi) is 4.11. The van der Waals surface area contributed by atoms with Gasteiger partial charge in [0.25, 0.3) is 0 Å². The number of nitrogens with one attached hydrogen (secondary N) is 1. The average molecular weight is 311 g/mol. The summed E-state index contributed by atoms with van der Waals surface area (Å²) in [4.78, 5) is 11.9. The molecular weight excluding hydrogens is 298 g/mol. The number of carbonyl (C=O) groups is 1. The van der Waals surface area contributed by atoms with E-state index in [0.29, 0.717) is 5.75 Å². The van der Waals surface area contributed by atoms with Crippen LogP contribution in [-0.2, 0) is 0 Å². The lowest BCUT2D eigenvalue weighted by atomic mass is 10.2. The Balaban J connectivity index is 1.66. The fourth-order valence-electron chi connectivity index (χ4n) is 1.94. The third kappa shape index (κ3) is 3.29. The maximum absolute atomic E-state index is 11.9. The molecule has 0 aliphatic carbocycles. The highest BCUT2D eigenvalue weighted by Crippen LogP contribution is 2.21. The minimum absolute atomic E-state index is 0.470. The number of rotatable bonds is 3. The zero-order valence-corrected chi connectivity index (χ0v) is 12.6. The number of aryl methyl sites for hydroxylation is 1. The molecule has 0 fully saturated rings. The number of benzene rings is 2. The van der Waals surface area contributed by atoms with Crippen molar-refractivity contribution < 1.29 is 9.53 Å². The van der Waals surface area contributed by atoms with E-state index in [1.165, 1.54) is 11.5 Å². The van der Waals surface area contributed by atoms with Gasteiger partial charge in [0, 0.05) is 16.6 Å². The number of carbonyl (C=O) groups excluding carboxylic acids is 1. The van der Waals surface area contributed by atoms with E-state index in [1.807, 2.05) is 48.7 Å². The summed E-state index contributed by atoms with van der Waals surface area (Å²) in [5.41, 5.74) is 3.45. The SMILES string of the molecule is Cc1ccccc1NC(=O)Oc1ccc(-c2csnn2)cc1. The number of ether oxygens (including phenoxy) is 1. The maximum atomic E-state index is 11.9. The fraction of sp³-hybridized carbons (Fsp3) is 0.0625. The van der Waals surface area contributed by atoms with Gasteiger partial charge in [-0.15, -0.1) is 5.10 Å². The van der Waals surface area contributed by atoms with E-state index in [4.69, 9.17) is 4.74 Å². The second-order valence-corrected chi connectivity index (χ2v) is 5.25. The number of para-hydroxylation sites is 1. The number of amides is 1. The zero-order valence-electron chi connectivity index (χ0n) is 11.8. The summed E-state index contributed by atoms with van der Waals surface area (Å²) >= 11 is 1.30. The Hall–Kier alpha value is -2.73. The Morgan fingerprint density at radius 1 is 1.14 bits per heavy atom. The molecule has 0 bridgehead atoms. The van der Waals surface area contributed by atoms with E-state index in [0.717, 1.165) is 22.5 Å². The van der Waals surface area contributed by atoms with E-state index >= 15 is 0 Å². The number of nitrogens with zero attached hydrogens (tertiary/aromatic N) is 2. The van der Waals surface area contributed by atoms with E-state index in [-0.39, 0.29) is 0 Å². The molecule has 3 rings (SSSR count). The van der Waals surface area contributed by atoms with Crippen molar-refractivity contribution >= 4 is 23.3 Å². The number of anilines is 1. The third-order valence-electron chi connectivity index (χ3n) is 3.10. The van der Waals surface area contributed by atoms with Crippen LogP contribution in [0.3, 0.4) is 0 Å². The van der Waals surface area contributed by atoms with Gasteiger partial charge in [-0.25, -0.2) is 4.79 Å². The Labute approximate surface area is 131 Å². The Morgan fingerprint density at radius 2 is 1.91 bits per heavy atom. The van der Waals surface area contributed by atoms with Crippen molar-refractivity contribution in [3.63, 3.8) is 0 Å². The van der Waals surface area contributed by atoms with Gasteiger partial charge in [0.1, 0.15) is 11.4 Å². The summed E-state index contributed by atoms with van der Waals surface area (Å²) in [6.07, 6.45) is -0.516. The van der Waals surface area contributed by atoms with Crippen LogP contribution >= 0.6 is 11.5 Å². The monoisotopic (exact) mass is 311 g/mol. The van der Waals surface area contributed by atoms with E-state index in [1.54, 1.807) is 12.1 Å². The quantitative estimate of drug-likeness (QED) is 0.790. The molecule has 6 heteroatoms. The minimum atomic E-state index is -0.516. The molecule has 1 amide bonds. The van der Waals surface area contributed by atoms with Crippen LogP contribution in [0.15, 0.2) is 53.9 Å². The molecule has 0 aliphatic rings. The van der Waals surface area contributed by atoms with Gasteiger partial charge in [0.15, 0.2) is 0 Å². The van der Waals surface area contributed by atoms with Gasteiger partial charge in [-0.3, -0.25) is 5.32 Å². The molecule has 0 radical (unpaired) electrons. The summed E-state index contributed by atoms with van der Waals surface area (Å²) in [5, 5.41) is 8.57. The first-order valence-electron chi connectivity index (χ1n) is 6.64. The Morgan fingerprint density at radius 3 is 2.59 bits per heavy atom. The van der Waals surface area contributed by atoms with Crippen molar-refractivity contribution in [2.45, 2.75) is 6.92 Å². The van der Waals surface area contributed by atoms with Crippen molar-refractivity contribution in [2.75, 3.05) is 5.32 Å². The van der Waals surface area contributed by atoms with Crippen molar-refractivity contribution in [3.8, 4) is 17.0 Å². The summed E-state index contributed by atoms with van der Waals surface area (Å²) in [5.74, 6) is 0.470. The van der Waals surface area contributed by atoms with Crippen LogP contribution in [0.5, 0.6) is 5.75 Å². The molecule has 3 aromatic rings.